The molecule has 0 spiro atoms. The van der Waals surface area contributed by atoms with Crippen molar-refractivity contribution >= 4 is 11.6 Å². The molecule has 2 aromatic rings. The molecule has 1 heterocycles. The minimum Gasteiger partial charge on any atom is -0.493 e. The van der Waals surface area contributed by atoms with Crippen LogP contribution in [0.2, 0.25) is 0 Å². The summed E-state index contributed by atoms with van der Waals surface area (Å²) in [6, 6.07) is 14.0. The predicted molar refractivity (Wildman–Crippen MR) is 105 cm³/mol. The zero-order valence-corrected chi connectivity index (χ0v) is 16.1. The summed E-state index contributed by atoms with van der Waals surface area (Å²) in [6.45, 7) is 3.09. The second-order valence-corrected chi connectivity index (χ2v) is 6.37. The molecule has 6 nitrogen and oxygen atoms in total. The molecule has 0 radical (unpaired) electrons. The summed E-state index contributed by atoms with van der Waals surface area (Å²) in [5.74, 6) is 1.74. The van der Waals surface area contributed by atoms with Gasteiger partial charge in [0, 0.05) is 37.4 Å². The van der Waals surface area contributed by atoms with Crippen LogP contribution < -0.4 is 19.1 Å². The minimum absolute atomic E-state index is 0.0910. The number of nitrogens with zero attached hydrogens (tertiary/aromatic N) is 2. The Balaban J connectivity index is 1.66. The lowest BCUT2D eigenvalue weighted by Gasteiger charge is -2.36. The van der Waals surface area contributed by atoms with E-state index in [1.54, 1.807) is 27.4 Å². The first-order valence-corrected chi connectivity index (χ1v) is 9.03. The van der Waals surface area contributed by atoms with Gasteiger partial charge in [0.2, 0.25) is 11.7 Å². The molecule has 2 aromatic carbocycles. The van der Waals surface area contributed by atoms with Crippen LogP contribution in [-0.4, -0.2) is 58.3 Å². The molecule has 1 amide bonds. The van der Waals surface area contributed by atoms with Crippen LogP contribution in [0.15, 0.2) is 42.5 Å². The Bertz CT molecular complexity index is 771. The molecule has 27 heavy (non-hydrogen) atoms. The van der Waals surface area contributed by atoms with Crippen LogP contribution in [0.5, 0.6) is 17.2 Å². The molecular weight excluding hydrogens is 344 g/mol. The van der Waals surface area contributed by atoms with E-state index in [0.29, 0.717) is 30.3 Å². The summed E-state index contributed by atoms with van der Waals surface area (Å²) in [5, 5.41) is 0. The Morgan fingerprint density at radius 1 is 0.852 bits per heavy atom. The van der Waals surface area contributed by atoms with Crippen LogP contribution in [0.1, 0.15) is 5.56 Å². The average molecular weight is 370 g/mol. The van der Waals surface area contributed by atoms with Crippen LogP contribution >= 0.6 is 0 Å². The van der Waals surface area contributed by atoms with E-state index in [1.807, 2.05) is 29.2 Å². The lowest BCUT2D eigenvalue weighted by Crippen LogP contribution is -2.49. The van der Waals surface area contributed by atoms with Crippen molar-refractivity contribution in [3.8, 4) is 17.2 Å². The predicted octanol–water partition coefficient (Wildman–Crippen LogP) is 2.60. The van der Waals surface area contributed by atoms with E-state index >= 15 is 0 Å². The first-order chi connectivity index (χ1) is 13.2. The van der Waals surface area contributed by atoms with Crippen molar-refractivity contribution in [1.29, 1.82) is 0 Å². The molecule has 1 aliphatic heterocycles. The molecule has 1 aliphatic rings. The summed E-state index contributed by atoms with van der Waals surface area (Å²) in [6.07, 6.45) is 0.273. The smallest absolute Gasteiger partial charge is 0.227 e. The van der Waals surface area contributed by atoms with E-state index < -0.39 is 0 Å². The van der Waals surface area contributed by atoms with Gasteiger partial charge in [-0.15, -0.1) is 0 Å². The van der Waals surface area contributed by atoms with Crippen molar-refractivity contribution < 1.29 is 19.0 Å². The number of ether oxygens (including phenoxy) is 3. The van der Waals surface area contributed by atoms with Gasteiger partial charge in [0.15, 0.2) is 11.5 Å². The van der Waals surface area contributed by atoms with Crippen molar-refractivity contribution in [2.45, 2.75) is 6.42 Å². The number of piperazine rings is 1. The normalized spacial score (nSPS) is 14.0. The van der Waals surface area contributed by atoms with E-state index in [9.17, 15) is 4.79 Å². The van der Waals surface area contributed by atoms with Crippen LogP contribution in [0.4, 0.5) is 5.69 Å². The minimum atomic E-state index is 0.0910. The number of amides is 1. The van der Waals surface area contributed by atoms with Gasteiger partial charge in [0.05, 0.1) is 27.8 Å². The number of benzene rings is 2. The van der Waals surface area contributed by atoms with Crippen LogP contribution in [0.25, 0.3) is 0 Å². The van der Waals surface area contributed by atoms with Gasteiger partial charge in [-0.25, -0.2) is 0 Å². The Labute approximate surface area is 160 Å². The van der Waals surface area contributed by atoms with Crippen LogP contribution in [-0.2, 0) is 11.2 Å². The van der Waals surface area contributed by atoms with Crippen LogP contribution in [0, 0.1) is 0 Å². The molecular formula is C21H26N2O4. The first kappa shape index (κ1) is 18.9. The third kappa shape index (κ3) is 4.10. The second kappa shape index (κ2) is 8.66. The topological polar surface area (TPSA) is 51.2 Å². The molecule has 0 N–H and O–H groups in total. The summed E-state index contributed by atoms with van der Waals surface area (Å²) >= 11 is 0. The first-order valence-electron chi connectivity index (χ1n) is 9.03. The highest BCUT2D eigenvalue weighted by Crippen LogP contribution is 2.40. The molecule has 3 rings (SSSR count). The fourth-order valence-electron chi connectivity index (χ4n) is 3.43. The van der Waals surface area contributed by atoms with Crippen molar-refractivity contribution in [1.82, 2.24) is 4.90 Å². The van der Waals surface area contributed by atoms with Gasteiger partial charge in [-0.05, 0) is 18.2 Å². The molecule has 0 aromatic heterocycles. The third-order valence-corrected chi connectivity index (χ3v) is 4.88. The van der Waals surface area contributed by atoms with E-state index in [2.05, 4.69) is 17.0 Å². The maximum Gasteiger partial charge on any atom is 0.227 e. The molecule has 6 heteroatoms. The van der Waals surface area contributed by atoms with Gasteiger partial charge in [-0.1, -0.05) is 24.3 Å². The third-order valence-electron chi connectivity index (χ3n) is 4.88. The van der Waals surface area contributed by atoms with Crippen molar-refractivity contribution in [3.63, 3.8) is 0 Å². The zero-order chi connectivity index (χ0) is 19.2. The maximum atomic E-state index is 12.8. The standard InChI is InChI=1S/C21H26N2O4/c1-25-18-10-9-16(20(26-2)21(18)27-3)15-19(24)23-13-11-22(12-14-23)17-7-5-4-6-8-17/h4-10H,11-15H2,1-3H3. The Kier molecular flexibility index (Phi) is 6.06. The van der Waals surface area contributed by atoms with E-state index in [-0.39, 0.29) is 12.3 Å². The van der Waals surface area contributed by atoms with Crippen molar-refractivity contribution in [2.75, 3.05) is 52.4 Å². The number of rotatable bonds is 6. The highest BCUT2D eigenvalue weighted by Gasteiger charge is 2.24. The Morgan fingerprint density at radius 3 is 2.11 bits per heavy atom. The fourth-order valence-corrected chi connectivity index (χ4v) is 3.43. The van der Waals surface area contributed by atoms with Gasteiger partial charge >= 0.3 is 0 Å². The number of carbonyl (C=O) groups is 1. The molecule has 0 bridgehead atoms. The zero-order valence-electron chi connectivity index (χ0n) is 16.1. The Morgan fingerprint density at radius 2 is 1.52 bits per heavy atom. The monoisotopic (exact) mass is 370 g/mol. The van der Waals surface area contributed by atoms with Gasteiger partial charge in [-0.2, -0.15) is 0 Å². The van der Waals surface area contributed by atoms with Crippen LogP contribution in [0.3, 0.4) is 0 Å². The molecule has 0 unspecified atom stereocenters. The Hall–Kier alpha value is -2.89. The van der Waals surface area contributed by atoms with Gasteiger partial charge in [-0.3, -0.25) is 4.79 Å². The van der Waals surface area contributed by atoms with E-state index in [4.69, 9.17) is 14.2 Å². The number of hydrogen-bond acceptors (Lipinski definition) is 5. The fraction of sp³-hybridized carbons (Fsp3) is 0.381. The van der Waals surface area contributed by atoms with Gasteiger partial charge < -0.3 is 24.0 Å². The highest BCUT2D eigenvalue weighted by molar-refractivity contribution is 5.80. The molecule has 1 fully saturated rings. The number of methoxy groups -OCH3 is 3. The number of para-hydroxylation sites is 1. The molecule has 0 atom stereocenters. The average Bonchev–Trinajstić information content (AvgIpc) is 2.73. The molecule has 0 saturated carbocycles. The van der Waals surface area contributed by atoms with E-state index in [1.165, 1.54) is 5.69 Å². The quantitative estimate of drug-likeness (QED) is 0.782. The summed E-state index contributed by atoms with van der Waals surface area (Å²) in [7, 11) is 4.72. The highest BCUT2D eigenvalue weighted by atomic mass is 16.5. The molecule has 0 aliphatic carbocycles. The molecule has 1 saturated heterocycles. The SMILES string of the molecule is COc1ccc(CC(=O)N2CCN(c3ccccc3)CC2)c(OC)c1OC. The van der Waals surface area contributed by atoms with Crippen molar-refractivity contribution in [3.05, 3.63) is 48.0 Å². The van der Waals surface area contributed by atoms with E-state index in [0.717, 1.165) is 18.7 Å². The summed E-state index contributed by atoms with van der Waals surface area (Å²) < 4.78 is 16.2. The van der Waals surface area contributed by atoms with Gasteiger partial charge in [0.1, 0.15) is 0 Å². The maximum absolute atomic E-state index is 12.8. The number of carbonyl (C=O) groups excluding carboxylic acids is 1. The number of anilines is 1. The largest absolute Gasteiger partial charge is 0.493 e. The number of hydrogen-bond donors (Lipinski definition) is 0. The summed E-state index contributed by atoms with van der Waals surface area (Å²) in [4.78, 5) is 17.0. The van der Waals surface area contributed by atoms with Gasteiger partial charge in [0.25, 0.3) is 0 Å². The molecule has 144 valence electrons. The lowest BCUT2D eigenvalue weighted by atomic mass is 10.1. The summed E-state index contributed by atoms with van der Waals surface area (Å²) in [5.41, 5.74) is 2.00. The lowest BCUT2D eigenvalue weighted by molar-refractivity contribution is -0.130. The van der Waals surface area contributed by atoms with Crippen molar-refractivity contribution in [2.24, 2.45) is 0 Å². The second-order valence-electron chi connectivity index (χ2n) is 6.37.